The smallest absolute Gasteiger partial charge is 0.462 e. The molecule has 5 atom stereocenters. The third kappa shape index (κ3) is 73.6. The van der Waals surface area contributed by atoms with Gasteiger partial charge in [-0.05, 0) is 83.5 Å². The maximum absolute atomic E-state index is 13.1. The van der Waals surface area contributed by atoms with Gasteiger partial charge in [-0.3, -0.25) is 37.3 Å². The fourth-order valence-electron chi connectivity index (χ4n) is 11.8. The summed E-state index contributed by atoms with van der Waals surface area (Å²) in [5.41, 5.74) is 0. The average Bonchev–Trinajstić information content (AvgIpc) is 1.01. The van der Waals surface area contributed by atoms with E-state index in [-0.39, 0.29) is 25.7 Å². The van der Waals surface area contributed by atoms with E-state index in [9.17, 15) is 43.2 Å². The number of unbranched alkanes of at least 4 members (excludes halogenated alkanes) is 47. The van der Waals surface area contributed by atoms with Gasteiger partial charge in [0.15, 0.2) is 12.2 Å². The number of phosphoric ester groups is 2. The van der Waals surface area contributed by atoms with Crippen LogP contribution >= 0.6 is 15.6 Å². The summed E-state index contributed by atoms with van der Waals surface area (Å²) in [5, 5.41) is 10.6. The van der Waals surface area contributed by atoms with Crippen LogP contribution in [0.3, 0.4) is 0 Å². The number of hydrogen-bond donors (Lipinski definition) is 3. The molecule has 0 aliphatic heterocycles. The molecule has 0 spiro atoms. The number of aliphatic hydroxyl groups excluding tert-OH is 1. The van der Waals surface area contributed by atoms with Gasteiger partial charge in [0.1, 0.15) is 19.3 Å². The lowest BCUT2D eigenvalue weighted by Crippen LogP contribution is -2.30. The molecule has 0 saturated heterocycles. The molecule has 19 heteroatoms. The molecule has 17 nitrogen and oxygen atoms in total. The number of hydrogen-bond acceptors (Lipinski definition) is 15. The second kappa shape index (κ2) is 74.5. The Kier molecular flexibility index (Phi) is 72.5. The molecule has 100 heavy (non-hydrogen) atoms. The first kappa shape index (κ1) is 97.3. The molecule has 0 aromatic carbocycles. The van der Waals surface area contributed by atoms with E-state index in [4.69, 9.17) is 37.0 Å². The topological polar surface area (TPSA) is 237 Å². The van der Waals surface area contributed by atoms with Gasteiger partial charge < -0.3 is 33.8 Å². The van der Waals surface area contributed by atoms with Crippen molar-refractivity contribution in [3.05, 3.63) is 36.5 Å². The Morgan fingerprint density at radius 3 is 0.770 bits per heavy atom. The molecule has 0 saturated carbocycles. The van der Waals surface area contributed by atoms with Crippen LogP contribution in [0.15, 0.2) is 36.5 Å². The summed E-state index contributed by atoms with van der Waals surface area (Å²) < 4.78 is 68.7. The zero-order valence-corrected chi connectivity index (χ0v) is 66.2. The molecule has 0 heterocycles. The van der Waals surface area contributed by atoms with Crippen LogP contribution in [0.5, 0.6) is 0 Å². The van der Waals surface area contributed by atoms with Gasteiger partial charge in [0.25, 0.3) is 0 Å². The van der Waals surface area contributed by atoms with Crippen LogP contribution in [-0.2, 0) is 65.4 Å². The molecule has 0 fully saturated rings. The molecule has 0 bridgehead atoms. The standard InChI is InChI=1S/C81H152O17P2/c1-5-9-13-17-21-25-29-33-37-41-45-49-53-57-61-65-78(83)91-71-76(97-80(85)67-63-59-55-51-47-43-39-35-31-27-23-19-15-11-7-3)73-95-99(87,88)93-69-75(82)70-94-100(89,90)96-74-77(98-81(86)68-64-60-56-52-48-44-40-36-32-28-24-20-16-12-8-4)72-92-79(84)66-62-58-54-50-46-42-38-34-30-26-22-18-14-10-6-2/h21,25,33-34,37-38,75-77,82H,5-20,22-24,26-32,35-36,39-74H2,1-4H3,(H,87,88)(H,89,90)/b25-21-,37-33-,38-34-/t75-,76+,77+/m0/s1. The van der Waals surface area contributed by atoms with Crippen molar-refractivity contribution >= 4 is 39.5 Å². The number of esters is 4. The van der Waals surface area contributed by atoms with Crippen molar-refractivity contribution in [2.24, 2.45) is 0 Å². The minimum absolute atomic E-state index is 0.101. The molecule has 3 N–H and O–H groups in total. The number of allylic oxidation sites excluding steroid dienone is 6. The summed E-state index contributed by atoms with van der Waals surface area (Å²) in [7, 11) is -9.94. The highest BCUT2D eigenvalue weighted by Crippen LogP contribution is 2.45. The first-order valence-corrected chi connectivity index (χ1v) is 44.2. The van der Waals surface area contributed by atoms with Gasteiger partial charge in [-0.15, -0.1) is 0 Å². The second-order valence-electron chi connectivity index (χ2n) is 28.1. The molecular formula is C81H152O17P2. The Morgan fingerprint density at radius 1 is 0.280 bits per heavy atom. The van der Waals surface area contributed by atoms with Crippen molar-refractivity contribution in [3.8, 4) is 0 Å². The van der Waals surface area contributed by atoms with Crippen LogP contribution in [0.1, 0.15) is 400 Å². The summed E-state index contributed by atoms with van der Waals surface area (Å²) in [4.78, 5) is 73.0. The molecule has 2 unspecified atom stereocenters. The maximum Gasteiger partial charge on any atom is 0.472 e. The van der Waals surface area contributed by atoms with Crippen molar-refractivity contribution in [1.29, 1.82) is 0 Å². The van der Waals surface area contributed by atoms with E-state index >= 15 is 0 Å². The number of phosphoric acid groups is 2. The van der Waals surface area contributed by atoms with Gasteiger partial charge in [0.2, 0.25) is 0 Å². The van der Waals surface area contributed by atoms with E-state index in [1.54, 1.807) is 0 Å². The minimum Gasteiger partial charge on any atom is -0.462 e. The Balaban J connectivity index is 5.32. The highest BCUT2D eigenvalue weighted by Gasteiger charge is 2.30. The number of carbonyl (C=O) groups excluding carboxylic acids is 4. The number of rotatable bonds is 79. The van der Waals surface area contributed by atoms with Gasteiger partial charge in [0, 0.05) is 25.7 Å². The van der Waals surface area contributed by atoms with Crippen LogP contribution in [0.2, 0.25) is 0 Å². The SMILES string of the molecule is CCCCC/C=C\C/C=C\CCCCCCCC(=O)OC[C@H](COP(=O)(O)OC[C@H](O)COP(=O)(O)OC[C@@H](COC(=O)CCCCCCC/C=C\CCCCCCCC)OC(=O)CCCCCCCCCCCCCCCCC)OC(=O)CCCCCCCCCCCCCCCCC. The van der Waals surface area contributed by atoms with Crippen molar-refractivity contribution in [1.82, 2.24) is 0 Å². The lowest BCUT2D eigenvalue weighted by Gasteiger charge is -2.21. The summed E-state index contributed by atoms with van der Waals surface area (Å²) in [6.45, 7) is 4.93. The summed E-state index contributed by atoms with van der Waals surface area (Å²) in [5.74, 6) is -2.15. The molecule has 0 aromatic heterocycles. The fraction of sp³-hybridized carbons (Fsp3) is 0.877. The predicted octanol–water partition coefficient (Wildman–Crippen LogP) is 23.9. The van der Waals surface area contributed by atoms with Crippen molar-refractivity contribution in [2.45, 2.75) is 418 Å². The molecule has 0 rings (SSSR count). The summed E-state index contributed by atoms with van der Waals surface area (Å²) in [6.07, 6.45) is 71.1. The molecule has 0 aliphatic carbocycles. The van der Waals surface area contributed by atoms with E-state index in [0.717, 1.165) is 135 Å². The molecule has 0 amide bonds. The lowest BCUT2D eigenvalue weighted by atomic mass is 10.0. The highest BCUT2D eigenvalue weighted by molar-refractivity contribution is 7.47. The molecular weight excluding hydrogens is 1310 g/mol. The predicted molar refractivity (Wildman–Crippen MR) is 409 cm³/mol. The van der Waals surface area contributed by atoms with E-state index in [0.29, 0.717) is 25.7 Å². The number of ether oxygens (including phenoxy) is 4. The van der Waals surface area contributed by atoms with Crippen molar-refractivity contribution < 1.29 is 80.2 Å². The number of carbonyl (C=O) groups is 4. The first-order chi connectivity index (χ1) is 48.7. The van der Waals surface area contributed by atoms with Crippen LogP contribution in [0, 0.1) is 0 Å². The normalized spacial score (nSPS) is 14.0. The third-order valence-corrected chi connectivity index (χ3v) is 20.0. The van der Waals surface area contributed by atoms with E-state index in [1.165, 1.54) is 186 Å². The maximum atomic E-state index is 13.1. The third-order valence-electron chi connectivity index (χ3n) is 18.1. The average molecular weight is 1460 g/mol. The van der Waals surface area contributed by atoms with Crippen LogP contribution in [-0.4, -0.2) is 96.7 Å². The van der Waals surface area contributed by atoms with Crippen molar-refractivity contribution in [3.63, 3.8) is 0 Å². The molecule has 0 aliphatic rings. The zero-order valence-electron chi connectivity index (χ0n) is 64.4. The van der Waals surface area contributed by atoms with E-state index in [1.807, 2.05) is 0 Å². The van der Waals surface area contributed by atoms with Gasteiger partial charge in [-0.1, -0.05) is 327 Å². The van der Waals surface area contributed by atoms with Gasteiger partial charge in [-0.2, -0.15) is 0 Å². The Bertz CT molecular complexity index is 2040. The zero-order chi connectivity index (χ0) is 73.2. The summed E-state index contributed by atoms with van der Waals surface area (Å²) in [6, 6.07) is 0. The van der Waals surface area contributed by atoms with Gasteiger partial charge in [0.05, 0.1) is 26.4 Å². The van der Waals surface area contributed by atoms with Crippen LogP contribution in [0.25, 0.3) is 0 Å². The van der Waals surface area contributed by atoms with E-state index < -0.39 is 97.5 Å². The fourth-order valence-corrected chi connectivity index (χ4v) is 13.4. The second-order valence-corrected chi connectivity index (χ2v) is 31.0. The quantitative estimate of drug-likeness (QED) is 0.0169. The number of aliphatic hydroxyl groups is 1. The largest absolute Gasteiger partial charge is 0.472 e. The highest BCUT2D eigenvalue weighted by atomic mass is 31.2. The minimum atomic E-state index is -4.97. The molecule has 0 aromatic rings. The summed E-state index contributed by atoms with van der Waals surface area (Å²) >= 11 is 0. The molecule has 588 valence electrons. The van der Waals surface area contributed by atoms with Crippen LogP contribution in [0.4, 0.5) is 0 Å². The van der Waals surface area contributed by atoms with Crippen LogP contribution < -0.4 is 0 Å². The first-order valence-electron chi connectivity index (χ1n) is 41.2. The van der Waals surface area contributed by atoms with Gasteiger partial charge >= 0.3 is 39.5 Å². The Morgan fingerprint density at radius 2 is 0.490 bits per heavy atom. The monoisotopic (exact) mass is 1460 g/mol. The van der Waals surface area contributed by atoms with Gasteiger partial charge in [-0.25, -0.2) is 9.13 Å². The Labute approximate surface area is 611 Å². The molecule has 0 radical (unpaired) electrons. The lowest BCUT2D eigenvalue weighted by molar-refractivity contribution is -0.161. The Hall–Kier alpha value is -2.72. The van der Waals surface area contributed by atoms with Crippen molar-refractivity contribution in [2.75, 3.05) is 39.6 Å². The van der Waals surface area contributed by atoms with E-state index in [2.05, 4.69) is 64.2 Å².